The number of pyridine rings is 1. The predicted molar refractivity (Wildman–Crippen MR) is 134 cm³/mol. The van der Waals surface area contributed by atoms with Crippen molar-refractivity contribution in [3.05, 3.63) is 60.4 Å². The smallest absolute Gasteiger partial charge is 0.229 e. The van der Waals surface area contributed by atoms with Crippen LogP contribution in [0, 0.1) is 0 Å². The van der Waals surface area contributed by atoms with Gasteiger partial charge in [0.2, 0.25) is 11.9 Å². The molecule has 4 aromatic rings. The molecule has 0 bridgehead atoms. The van der Waals surface area contributed by atoms with Crippen LogP contribution in [0.3, 0.4) is 0 Å². The molecule has 3 heterocycles. The van der Waals surface area contributed by atoms with E-state index in [2.05, 4.69) is 54.9 Å². The second-order valence-corrected chi connectivity index (χ2v) is 8.12. The van der Waals surface area contributed by atoms with Gasteiger partial charge in [0.1, 0.15) is 7.85 Å². The predicted octanol–water partition coefficient (Wildman–Crippen LogP) is 2.91. The number of benzene rings is 1. The highest BCUT2D eigenvalue weighted by Gasteiger charge is 2.10. The standard InChI is InChI=1S/C18H16BN7.C6H13N/c1-20-17-24-16-14(19)11-23-26(16)18(25-17)22-10-12-5-7-13(8-6-12)15-4-2-3-9-21-15;7-6-4-2-1-3-5-6/h2-9,11H,10H2,1H3,(H2,20,22,24,25);6H,1-5,7H2. The van der Waals surface area contributed by atoms with E-state index in [1.165, 1.54) is 32.1 Å². The summed E-state index contributed by atoms with van der Waals surface area (Å²) < 4.78 is 1.60. The van der Waals surface area contributed by atoms with Gasteiger partial charge in [-0.05, 0) is 36.0 Å². The Kier molecular flexibility index (Phi) is 7.52. The normalized spacial score (nSPS) is 13.9. The van der Waals surface area contributed by atoms with Gasteiger partial charge in [-0.2, -0.15) is 19.6 Å². The summed E-state index contributed by atoms with van der Waals surface area (Å²) in [4.78, 5) is 13.1. The molecule has 2 radical (unpaired) electrons. The highest BCUT2D eigenvalue weighted by atomic mass is 15.4. The summed E-state index contributed by atoms with van der Waals surface area (Å²) in [5.41, 5.74) is 9.85. The Balaban J connectivity index is 0.000000318. The Bertz CT molecular complexity index is 1150. The lowest BCUT2D eigenvalue weighted by molar-refractivity contribution is 0.441. The molecule has 168 valence electrons. The molecule has 1 aliphatic rings. The molecule has 33 heavy (non-hydrogen) atoms. The van der Waals surface area contributed by atoms with Gasteiger partial charge >= 0.3 is 0 Å². The molecular formula is C24H29BN8. The molecule has 0 unspecified atom stereocenters. The second-order valence-electron chi connectivity index (χ2n) is 8.12. The van der Waals surface area contributed by atoms with Crippen molar-refractivity contribution in [2.45, 2.75) is 44.7 Å². The lowest BCUT2D eigenvalue weighted by Gasteiger charge is -2.15. The largest absolute Gasteiger partial charge is 0.357 e. The first-order valence-corrected chi connectivity index (χ1v) is 11.3. The Morgan fingerprint density at radius 2 is 1.85 bits per heavy atom. The molecule has 0 amide bonds. The first-order valence-electron chi connectivity index (χ1n) is 11.3. The maximum absolute atomic E-state index is 5.91. The van der Waals surface area contributed by atoms with E-state index in [9.17, 15) is 0 Å². The van der Waals surface area contributed by atoms with Gasteiger partial charge in [0.25, 0.3) is 0 Å². The van der Waals surface area contributed by atoms with Crippen LogP contribution in [0.25, 0.3) is 16.9 Å². The number of aromatic nitrogens is 5. The van der Waals surface area contributed by atoms with E-state index in [0.29, 0.717) is 35.6 Å². The minimum absolute atomic E-state index is 0.484. The molecule has 5 rings (SSSR count). The van der Waals surface area contributed by atoms with Gasteiger partial charge in [-0.25, -0.2) is 0 Å². The molecule has 0 aliphatic heterocycles. The van der Waals surface area contributed by atoms with E-state index in [4.69, 9.17) is 13.6 Å². The maximum Gasteiger partial charge on any atom is 0.229 e. The van der Waals surface area contributed by atoms with Gasteiger partial charge in [0, 0.05) is 37.6 Å². The molecule has 9 heteroatoms. The number of nitrogens with zero attached hydrogens (tertiary/aromatic N) is 5. The maximum atomic E-state index is 5.91. The van der Waals surface area contributed by atoms with Gasteiger partial charge in [-0.3, -0.25) is 4.98 Å². The number of anilines is 2. The SMILES string of the molecule is NC1CCCCC1.[B]c1cnn2c(NCc3ccc(-c4ccccn4)cc3)nc(NC)nc12. The van der Waals surface area contributed by atoms with E-state index in [-0.39, 0.29) is 0 Å². The lowest BCUT2D eigenvalue weighted by atomic mass is 9.97. The van der Waals surface area contributed by atoms with Crippen molar-refractivity contribution < 1.29 is 0 Å². The van der Waals surface area contributed by atoms with Crippen molar-refractivity contribution in [2.24, 2.45) is 5.73 Å². The Morgan fingerprint density at radius 3 is 2.48 bits per heavy atom. The molecular weight excluding hydrogens is 411 g/mol. The summed E-state index contributed by atoms with van der Waals surface area (Å²) in [5, 5.41) is 10.5. The zero-order valence-corrected chi connectivity index (χ0v) is 18.9. The summed E-state index contributed by atoms with van der Waals surface area (Å²) in [5.74, 6) is 1.06. The van der Waals surface area contributed by atoms with E-state index >= 15 is 0 Å². The van der Waals surface area contributed by atoms with E-state index < -0.39 is 0 Å². The average molecular weight is 440 g/mol. The zero-order chi connectivity index (χ0) is 23.0. The minimum atomic E-state index is 0.484. The molecule has 1 saturated carbocycles. The molecule has 0 spiro atoms. The monoisotopic (exact) mass is 440 g/mol. The molecule has 8 nitrogen and oxygen atoms in total. The van der Waals surface area contributed by atoms with Gasteiger partial charge in [-0.15, -0.1) is 0 Å². The topological polar surface area (TPSA) is 106 Å². The molecule has 0 saturated heterocycles. The van der Waals surface area contributed by atoms with Crippen LogP contribution in [0.15, 0.2) is 54.9 Å². The molecule has 1 aromatic carbocycles. The van der Waals surface area contributed by atoms with Crippen molar-refractivity contribution in [1.29, 1.82) is 0 Å². The van der Waals surface area contributed by atoms with E-state index in [1.54, 1.807) is 24.0 Å². The summed E-state index contributed by atoms with van der Waals surface area (Å²) >= 11 is 0. The van der Waals surface area contributed by atoms with Crippen molar-refractivity contribution >= 4 is 30.9 Å². The summed E-state index contributed by atoms with van der Waals surface area (Å²) in [6.07, 6.45) is 10.0. The average Bonchev–Trinajstić information content (AvgIpc) is 3.25. The third-order valence-electron chi connectivity index (χ3n) is 5.63. The van der Waals surface area contributed by atoms with Crippen molar-refractivity contribution in [3.63, 3.8) is 0 Å². The molecule has 4 N–H and O–H groups in total. The van der Waals surface area contributed by atoms with Crippen LogP contribution >= 0.6 is 0 Å². The lowest BCUT2D eigenvalue weighted by Crippen LogP contribution is -2.22. The number of fused-ring (bicyclic) bond motifs is 1. The first kappa shape index (κ1) is 22.7. The number of hydrogen-bond acceptors (Lipinski definition) is 7. The first-order chi connectivity index (χ1) is 16.1. The molecule has 1 fully saturated rings. The van der Waals surface area contributed by atoms with Crippen LogP contribution in [0.2, 0.25) is 0 Å². The summed E-state index contributed by atoms with van der Waals surface area (Å²) in [7, 11) is 7.68. The van der Waals surface area contributed by atoms with Crippen LogP contribution < -0.4 is 21.8 Å². The summed E-state index contributed by atoms with van der Waals surface area (Å²) in [6.45, 7) is 0.595. The fourth-order valence-corrected chi connectivity index (χ4v) is 3.76. The Morgan fingerprint density at radius 1 is 1.06 bits per heavy atom. The van der Waals surface area contributed by atoms with Crippen LogP contribution in [0.4, 0.5) is 11.9 Å². The van der Waals surface area contributed by atoms with Crippen LogP contribution in [0.1, 0.15) is 37.7 Å². The summed E-state index contributed by atoms with van der Waals surface area (Å²) in [6, 6.07) is 14.6. The van der Waals surface area contributed by atoms with E-state index in [0.717, 1.165) is 16.8 Å². The van der Waals surface area contributed by atoms with E-state index in [1.807, 2.05) is 18.2 Å². The van der Waals surface area contributed by atoms with Crippen LogP contribution in [-0.4, -0.2) is 45.5 Å². The van der Waals surface area contributed by atoms with Crippen molar-refractivity contribution in [1.82, 2.24) is 24.6 Å². The second kappa shape index (κ2) is 10.9. The Labute approximate surface area is 195 Å². The molecule has 1 aliphatic carbocycles. The number of nitrogens with one attached hydrogen (secondary N) is 2. The highest BCUT2D eigenvalue weighted by molar-refractivity contribution is 6.36. The number of nitrogens with two attached hydrogens (primary N) is 1. The van der Waals surface area contributed by atoms with Gasteiger partial charge in [0.05, 0.1) is 5.69 Å². The fourth-order valence-electron chi connectivity index (χ4n) is 3.76. The van der Waals surface area contributed by atoms with Gasteiger partial charge < -0.3 is 16.4 Å². The molecule has 3 aromatic heterocycles. The minimum Gasteiger partial charge on any atom is -0.357 e. The molecule has 0 atom stereocenters. The highest BCUT2D eigenvalue weighted by Crippen LogP contribution is 2.18. The van der Waals surface area contributed by atoms with Crippen molar-refractivity contribution in [3.8, 4) is 11.3 Å². The fraction of sp³-hybridized carbons (Fsp3) is 0.333. The third-order valence-corrected chi connectivity index (χ3v) is 5.63. The third kappa shape index (κ3) is 5.87. The van der Waals surface area contributed by atoms with Crippen LogP contribution in [0.5, 0.6) is 0 Å². The van der Waals surface area contributed by atoms with Gasteiger partial charge in [-0.1, -0.05) is 49.6 Å². The number of hydrogen-bond donors (Lipinski definition) is 3. The van der Waals surface area contributed by atoms with Crippen LogP contribution in [-0.2, 0) is 6.54 Å². The number of rotatable bonds is 5. The quantitative estimate of drug-likeness (QED) is 0.410. The van der Waals surface area contributed by atoms with Crippen molar-refractivity contribution in [2.75, 3.05) is 17.7 Å². The Hall–Kier alpha value is -3.46. The zero-order valence-electron chi connectivity index (χ0n) is 18.9. The van der Waals surface area contributed by atoms with Gasteiger partial charge in [0.15, 0.2) is 5.65 Å².